The third-order valence-corrected chi connectivity index (χ3v) is 5.55. The molecule has 0 saturated heterocycles. The average molecular weight is 510 g/mol. The van der Waals surface area contributed by atoms with E-state index in [9.17, 15) is 14.4 Å². The van der Waals surface area contributed by atoms with Crippen LogP contribution in [0.1, 0.15) is 23.2 Å². The molecule has 190 valence electrons. The lowest BCUT2D eigenvalue weighted by molar-refractivity contribution is -0.137. The quantitative estimate of drug-likeness (QED) is 0.0613. The van der Waals surface area contributed by atoms with E-state index in [4.69, 9.17) is 25.5 Å². The number of carbonyl (C=O) groups excluding carboxylic acids is 3. The molecule has 4 aromatic rings. The van der Waals surface area contributed by atoms with Gasteiger partial charge in [-0.15, -0.1) is 0 Å². The molecule has 8 nitrogen and oxygen atoms in total. The molecule has 0 saturated carbocycles. The van der Waals surface area contributed by atoms with Gasteiger partial charge in [0.1, 0.15) is 11.5 Å². The highest BCUT2D eigenvalue weighted by Gasteiger charge is 2.12. The zero-order chi connectivity index (χ0) is 26.9. The molecule has 0 aliphatic carbocycles. The van der Waals surface area contributed by atoms with E-state index in [2.05, 4.69) is 11.4 Å². The van der Waals surface area contributed by atoms with Crippen molar-refractivity contribution in [2.75, 3.05) is 13.2 Å². The van der Waals surface area contributed by atoms with Crippen LogP contribution in [-0.2, 0) is 14.3 Å². The van der Waals surface area contributed by atoms with E-state index in [0.29, 0.717) is 35.6 Å². The van der Waals surface area contributed by atoms with Crippen molar-refractivity contribution in [2.24, 2.45) is 0 Å². The van der Waals surface area contributed by atoms with Gasteiger partial charge in [0.2, 0.25) is 0 Å². The van der Waals surface area contributed by atoms with E-state index in [0.717, 1.165) is 27.6 Å². The van der Waals surface area contributed by atoms with E-state index < -0.39 is 18.1 Å². The number of fused-ring (bicyclic) bond motifs is 2. The number of unbranched alkanes of at least 4 members (excludes halogenated alkanes) is 1. The van der Waals surface area contributed by atoms with E-state index in [1.54, 1.807) is 66.7 Å². The molecule has 0 radical (unpaired) electrons. The van der Waals surface area contributed by atoms with Gasteiger partial charge < -0.3 is 18.9 Å². The number of esters is 2. The zero-order valence-corrected chi connectivity index (χ0v) is 20.3. The lowest BCUT2D eigenvalue weighted by atomic mass is 10.1. The smallest absolute Gasteiger partial charge is 0.463 e. The fourth-order valence-corrected chi connectivity index (χ4v) is 3.64. The minimum Gasteiger partial charge on any atom is -0.463 e. The number of carbonyl (C=O) groups is 3. The zero-order valence-electron chi connectivity index (χ0n) is 20.3. The number of ether oxygens (including phenoxy) is 4. The van der Waals surface area contributed by atoms with Gasteiger partial charge in [-0.2, -0.15) is 0 Å². The normalized spacial score (nSPS) is 10.4. The Hall–Kier alpha value is -5.16. The molecule has 0 N–H and O–H groups in total. The van der Waals surface area contributed by atoms with Gasteiger partial charge in [0, 0.05) is 6.08 Å². The van der Waals surface area contributed by atoms with E-state index >= 15 is 0 Å². The van der Waals surface area contributed by atoms with Crippen molar-refractivity contribution in [1.29, 1.82) is 0 Å². The molecule has 0 bridgehead atoms. The van der Waals surface area contributed by atoms with Crippen molar-refractivity contribution in [3.63, 3.8) is 0 Å². The molecule has 4 aromatic carbocycles. The molecule has 0 fully saturated rings. The van der Waals surface area contributed by atoms with Gasteiger partial charge in [-0.25, -0.2) is 19.2 Å². The molecule has 0 amide bonds. The Morgan fingerprint density at radius 2 is 1.32 bits per heavy atom. The van der Waals surface area contributed by atoms with Crippen molar-refractivity contribution in [1.82, 2.24) is 0 Å². The van der Waals surface area contributed by atoms with Crippen LogP contribution >= 0.6 is 0 Å². The predicted molar refractivity (Wildman–Crippen MR) is 141 cm³/mol. The summed E-state index contributed by atoms with van der Waals surface area (Å²) < 4.78 is 20.7. The Labute approximate surface area is 218 Å². The van der Waals surface area contributed by atoms with Gasteiger partial charge in [0.05, 0.1) is 25.3 Å². The first-order chi connectivity index (χ1) is 18.4. The van der Waals surface area contributed by atoms with Gasteiger partial charge in [0.15, 0.2) is 5.69 Å². The lowest BCUT2D eigenvalue weighted by Gasteiger charge is -2.09. The average Bonchev–Trinajstić information content (AvgIpc) is 2.94. The highest BCUT2D eigenvalue weighted by Crippen LogP contribution is 2.27. The van der Waals surface area contributed by atoms with Crippen LogP contribution in [0, 0.1) is 6.57 Å². The van der Waals surface area contributed by atoms with E-state index in [1.807, 2.05) is 6.07 Å². The van der Waals surface area contributed by atoms with Crippen LogP contribution in [0.25, 0.3) is 26.4 Å². The maximum absolute atomic E-state index is 12.7. The standard InChI is InChI=1S/C30H23NO7/c1-3-28(32)35-14-4-5-15-36-30(34)38-27-13-9-20-16-24(7-6-22(20)19-27)29(33)37-26-12-10-21-17-25(31-2)11-8-23(21)18-26/h3,6-13,16-19H,1,4-5,14-15H2. The number of hydrogen-bond acceptors (Lipinski definition) is 7. The van der Waals surface area contributed by atoms with Crippen LogP contribution < -0.4 is 9.47 Å². The van der Waals surface area contributed by atoms with Crippen LogP contribution in [0.3, 0.4) is 0 Å². The first-order valence-corrected chi connectivity index (χ1v) is 11.8. The Morgan fingerprint density at radius 3 is 2.00 bits per heavy atom. The van der Waals surface area contributed by atoms with Crippen LogP contribution in [0.5, 0.6) is 11.5 Å². The summed E-state index contributed by atoms with van der Waals surface area (Å²) in [5, 5.41) is 3.27. The third kappa shape index (κ3) is 6.74. The second-order valence-electron chi connectivity index (χ2n) is 8.20. The van der Waals surface area contributed by atoms with Crippen molar-refractivity contribution >= 4 is 45.3 Å². The summed E-state index contributed by atoms with van der Waals surface area (Å²) >= 11 is 0. The summed E-state index contributed by atoms with van der Waals surface area (Å²) in [6.45, 7) is 10.8. The summed E-state index contributed by atoms with van der Waals surface area (Å²) in [5.41, 5.74) is 0.914. The number of nitrogens with zero attached hydrogens (tertiary/aromatic N) is 1. The van der Waals surface area contributed by atoms with E-state index in [1.165, 1.54) is 0 Å². The molecule has 0 aliphatic heterocycles. The van der Waals surface area contributed by atoms with Crippen LogP contribution in [0.4, 0.5) is 10.5 Å². The molecule has 0 aromatic heterocycles. The monoisotopic (exact) mass is 509 g/mol. The predicted octanol–water partition coefficient (Wildman–Crippen LogP) is 6.79. The highest BCUT2D eigenvalue weighted by atomic mass is 16.7. The summed E-state index contributed by atoms with van der Waals surface area (Å²) in [5.74, 6) is -0.298. The minimum absolute atomic E-state index is 0.128. The van der Waals surface area contributed by atoms with Crippen molar-refractivity contribution in [2.45, 2.75) is 12.8 Å². The second kappa shape index (κ2) is 12.2. The van der Waals surface area contributed by atoms with Crippen LogP contribution in [0.2, 0.25) is 0 Å². The van der Waals surface area contributed by atoms with Crippen LogP contribution in [-0.4, -0.2) is 31.3 Å². The van der Waals surface area contributed by atoms with Gasteiger partial charge in [-0.05, 0) is 76.9 Å². The molecule has 0 unspecified atom stereocenters. The summed E-state index contributed by atoms with van der Waals surface area (Å²) in [6.07, 6.45) is 1.30. The topological polar surface area (TPSA) is 92.5 Å². The maximum Gasteiger partial charge on any atom is 0.513 e. The highest BCUT2D eigenvalue weighted by molar-refractivity contribution is 5.97. The Balaban J connectivity index is 1.32. The molecule has 38 heavy (non-hydrogen) atoms. The van der Waals surface area contributed by atoms with Crippen molar-refractivity contribution in [3.8, 4) is 11.5 Å². The Bertz CT molecular complexity index is 1570. The number of hydrogen-bond donors (Lipinski definition) is 0. The summed E-state index contributed by atoms with van der Waals surface area (Å²) in [4.78, 5) is 39.1. The summed E-state index contributed by atoms with van der Waals surface area (Å²) in [7, 11) is 0. The molecule has 4 rings (SSSR count). The Morgan fingerprint density at radius 1 is 0.737 bits per heavy atom. The van der Waals surface area contributed by atoms with Gasteiger partial charge in [-0.3, -0.25) is 0 Å². The molecule has 8 heteroatoms. The second-order valence-corrected chi connectivity index (χ2v) is 8.20. The first kappa shape index (κ1) is 25.9. The first-order valence-electron chi connectivity index (χ1n) is 11.8. The maximum atomic E-state index is 12.7. The minimum atomic E-state index is -0.840. The largest absolute Gasteiger partial charge is 0.513 e. The fourth-order valence-electron chi connectivity index (χ4n) is 3.64. The molecular formula is C30H23NO7. The molecule has 0 spiro atoms. The summed E-state index contributed by atoms with van der Waals surface area (Å²) in [6, 6.07) is 20.6. The Kier molecular flexibility index (Phi) is 8.32. The van der Waals surface area contributed by atoms with E-state index in [-0.39, 0.29) is 13.2 Å². The van der Waals surface area contributed by atoms with Gasteiger partial charge >= 0.3 is 18.1 Å². The number of benzene rings is 4. The van der Waals surface area contributed by atoms with Crippen molar-refractivity contribution < 1.29 is 33.3 Å². The molecular weight excluding hydrogens is 486 g/mol. The lowest BCUT2D eigenvalue weighted by Crippen LogP contribution is -2.12. The van der Waals surface area contributed by atoms with Crippen LogP contribution in [0.15, 0.2) is 85.5 Å². The third-order valence-electron chi connectivity index (χ3n) is 5.55. The number of rotatable bonds is 9. The molecule has 0 aliphatic rings. The van der Waals surface area contributed by atoms with Gasteiger partial charge in [-0.1, -0.05) is 36.9 Å². The van der Waals surface area contributed by atoms with Crippen molar-refractivity contribution in [3.05, 3.63) is 102 Å². The molecule has 0 heterocycles. The SMILES string of the molecule is [C-]#[N+]c1ccc2cc(OC(=O)c3ccc4cc(OC(=O)OCCCCOC(=O)C=C)ccc4c3)ccc2c1. The fraction of sp³-hybridized carbons (Fsp3) is 0.133. The molecule has 0 atom stereocenters. The van der Waals surface area contributed by atoms with Gasteiger partial charge in [0.25, 0.3) is 0 Å².